The van der Waals surface area contributed by atoms with E-state index in [1.807, 2.05) is 0 Å². The Bertz CT molecular complexity index is 298. The maximum absolute atomic E-state index is 10.7. The molecule has 0 aliphatic carbocycles. The van der Waals surface area contributed by atoms with Gasteiger partial charge in [-0.15, -0.1) is 0 Å². The summed E-state index contributed by atoms with van der Waals surface area (Å²) in [5.74, 6) is 8.61. The monoisotopic (exact) mass is 232 g/mol. The van der Waals surface area contributed by atoms with Gasteiger partial charge in [-0.3, -0.25) is 11.7 Å². The Balaban J connectivity index is 3.96. The lowest BCUT2D eigenvalue weighted by atomic mass is 10.6. The average molecular weight is 232 g/mol. The van der Waals surface area contributed by atoms with Gasteiger partial charge in [-0.25, -0.2) is 16.8 Å². The van der Waals surface area contributed by atoms with Gasteiger partial charge in [-0.2, -0.15) is 9.66 Å². The molecule has 0 aromatic carbocycles. The van der Waals surface area contributed by atoms with E-state index in [0.717, 1.165) is 0 Å². The van der Waals surface area contributed by atoms with E-state index < -0.39 is 20.0 Å². The molecule has 0 saturated carbocycles. The number of hydrogen-bond acceptors (Lipinski definition) is 6. The molecule has 8 nitrogen and oxygen atoms in total. The second-order valence-electron chi connectivity index (χ2n) is 2.23. The van der Waals surface area contributed by atoms with Crippen molar-refractivity contribution in [3.8, 4) is 0 Å². The Hall–Kier alpha value is -0.260. The van der Waals surface area contributed by atoms with Crippen molar-refractivity contribution in [3.05, 3.63) is 0 Å². The Morgan fingerprint density at radius 2 is 1.15 bits per heavy atom. The van der Waals surface area contributed by atoms with E-state index in [1.165, 1.54) is 0 Å². The molecule has 0 aliphatic rings. The Labute approximate surface area is 76.7 Å². The number of hydrogen-bond donors (Lipinski definition) is 4. The first-order chi connectivity index (χ1) is 5.83. The van der Waals surface area contributed by atoms with Gasteiger partial charge in [0.05, 0.1) is 11.5 Å². The second-order valence-corrected chi connectivity index (χ2v) is 5.97. The molecule has 0 spiro atoms. The highest BCUT2D eigenvalue weighted by Crippen LogP contribution is 1.91. The third-order valence-electron chi connectivity index (χ3n) is 1.19. The van der Waals surface area contributed by atoms with Crippen LogP contribution in [0.25, 0.3) is 0 Å². The molecule has 13 heavy (non-hydrogen) atoms. The van der Waals surface area contributed by atoms with Crippen LogP contribution in [0.2, 0.25) is 0 Å². The van der Waals surface area contributed by atoms with Gasteiger partial charge in [0.25, 0.3) is 0 Å². The highest BCUT2D eigenvalue weighted by atomic mass is 32.2. The van der Waals surface area contributed by atoms with Gasteiger partial charge in [0.1, 0.15) is 0 Å². The summed E-state index contributed by atoms with van der Waals surface area (Å²) >= 11 is 0. The van der Waals surface area contributed by atoms with Gasteiger partial charge in [0.15, 0.2) is 0 Å². The molecular formula is C3H12N4O4S2. The minimum atomic E-state index is -3.56. The summed E-state index contributed by atoms with van der Waals surface area (Å²) in [6.07, 6.45) is -0.0704. The highest BCUT2D eigenvalue weighted by molar-refractivity contribution is 7.90. The fourth-order valence-corrected chi connectivity index (χ4v) is 2.02. The van der Waals surface area contributed by atoms with Gasteiger partial charge in [-0.05, 0) is 6.42 Å². The van der Waals surface area contributed by atoms with Crippen LogP contribution < -0.4 is 21.3 Å². The van der Waals surface area contributed by atoms with Crippen LogP contribution in [0.3, 0.4) is 0 Å². The van der Waals surface area contributed by atoms with Crippen molar-refractivity contribution in [1.82, 2.24) is 9.66 Å². The first-order valence-corrected chi connectivity index (χ1v) is 6.53. The molecule has 80 valence electrons. The molecule has 0 heterocycles. The van der Waals surface area contributed by atoms with Crippen LogP contribution >= 0.6 is 0 Å². The molecule has 0 unspecified atom stereocenters. The van der Waals surface area contributed by atoms with E-state index in [2.05, 4.69) is 11.7 Å². The minimum absolute atomic E-state index is 0.0704. The topological polar surface area (TPSA) is 144 Å². The van der Waals surface area contributed by atoms with Crippen molar-refractivity contribution in [2.24, 2.45) is 11.7 Å². The second kappa shape index (κ2) is 4.83. The molecule has 0 amide bonds. The zero-order valence-electron chi connectivity index (χ0n) is 6.73. The van der Waals surface area contributed by atoms with Crippen LogP contribution in [-0.4, -0.2) is 28.3 Å². The third kappa shape index (κ3) is 5.90. The number of nitrogens with two attached hydrogens (primary N) is 2. The Kier molecular flexibility index (Phi) is 4.74. The molecule has 0 rings (SSSR count). The van der Waals surface area contributed by atoms with Gasteiger partial charge in [0.2, 0.25) is 20.0 Å². The third-order valence-corrected chi connectivity index (χ3v) is 3.56. The molecule has 10 heteroatoms. The van der Waals surface area contributed by atoms with Crippen molar-refractivity contribution in [3.63, 3.8) is 0 Å². The zero-order chi connectivity index (χ0) is 10.5. The number of sulfonamides is 2. The Morgan fingerprint density at radius 3 is 1.38 bits per heavy atom. The van der Waals surface area contributed by atoms with E-state index in [4.69, 9.17) is 0 Å². The first-order valence-electron chi connectivity index (χ1n) is 3.23. The summed E-state index contributed by atoms with van der Waals surface area (Å²) < 4.78 is 42.8. The predicted octanol–water partition coefficient (Wildman–Crippen LogP) is -3.04. The molecule has 0 atom stereocenters. The summed E-state index contributed by atoms with van der Waals surface area (Å²) in [6.45, 7) is 0. The average Bonchev–Trinajstić information content (AvgIpc) is 2.04. The van der Waals surface area contributed by atoms with Crippen LogP contribution in [0.5, 0.6) is 0 Å². The van der Waals surface area contributed by atoms with Crippen LogP contribution in [0.4, 0.5) is 0 Å². The number of hydrazine groups is 2. The van der Waals surface area contributed by atoms with Crippen molar-refractivity contribution in [1.29, 1.82) is 0 Å². The fourth-order valence-electron chi connectivity index (χ4n) is 0.557. The molecular weight excluding hydrogens is 220 g/mol. The molecule has 0 saturated heterocycles. The highest BCUT2D eigenvalue weighted by Gasteiger charge is 2.11. The SMILES string of the molecule is NNS(=O)(=O)CCCS(=O)(=O)NN. The lowest BCUT2D eigenvalue weighted by Gasteiger charge is -2.02. The summed E-state index contributed by atoms with van der Waals surface area (Å²) in [6, 6.07) is 0. The standard InChI is InChI=1S/C3H12N4O4S2/c4-6-12(8,9)2-1-3-13(10,11)7-5/h6-7H,1-5H2. The Morgan fingerprint density at radius 1 is 0.846 bits per heavy atom. The first kappa shape index (κ1) is 12.7. The number of rotatable bonds is 6. The summed E-state index contributed by atoms with van der Waals surface area (Å²) in [5, 5.41) is 0. The predicted molar refractivity (Wildman–Crippen MR) is 46.8 cm³/mol. The lowest BCUT2D eigenvalue weighted by molar-refractivity contribution is 0.577. The molecule has 6 N–H and O–H groups in total. The van der Waals surface area contributed by atoms with Crippen LogP contribution in [-0.2, 0) is 20.0 Å². The molecule has 0 radical (unpaired) electrons. The maximum atomic E-state index is 10.7. The van der Waals surface area contributed by atoms with Crippen LogP contribution in [0.1, 0.15) is 6.42 Å². The van der Waals surface area contributed by atoms with Crippen molar-refractivity contribution < 1.29 is 16.8 Å². The van der Waals surface area contributed by atoms with E-state index >= 15 is 0 Å². The van der Waals surface area contributed by atoms with Gasteiger partial charge < -0.3 is 0 Å². The number of nitrogens with one attached hydrogen (secondary N) is 2. The van der Waals surface area contributed by atoms with E-state index in [9.17, 15) is 16.8 Å². The van der Waals surface area contributed by atoms with Gasteiger partial charge in [0, 0.05) is 0 Å². The summed E-state index contributed by atoms with van der Waals surface area (Å²) in [7, 11) is -7.11. The molecule has 0 bridgehead atoms. The van der Waals surface area contributed by atoms with Gasteiger partial charge >= 0.3 is 0 Å². The van der Waals surface area contributed by atoms with E-state index in [0.29, 0.717) is 0 Å². The van der Waals surface area contributed by atoms with Crippen LogP contribution in [0, 0.1) is 0 Å². The normalized spacial score (nSPS) is 13.1. The van der Waals surface area contributed by atoms with E-state index in [-0.39, 0.29) is 17.9 Å². The van der Waals surface area contributed by atoms with Crippen molar-refractivity contribution in [2.45, 2.75) is 6.42 Å². The van der Waals surface area contributed by atoms with Gasteiger partial charge in [-0.1, -0.05) is 0 Å². The smallest absolute Gasteiger partial charge is 0.224 e. The molecule has 0 aliphatic heterocycles. The van der Waals surface area contributed by atoms with Crippen LogP contribution in [0.15, 0.2) is 0 Å². The largest absolute Gasteiger partial charge is 0.258 e. The molecule has 0 fully saturated rings. The molecule has 0 aromatic rings. The van der Waals surface area contributed by atoms with E-state index in [1.54, 1.807) is 9.66 Å². The zero-order valence-corrected chi connectivity index (χ0v) is 8.36. The van der Waals surface area contributed by atoms with Crippen molar-refractivity contribution in [2.75, 3.05) is 11.5 Å². The molecule has 0 aromatic heterocycles. The fraction of sp³-hybridized carbons (Fsp3) is 1.00. The lowest BCUT2D eigenvalue weighted by Crippen LogP contribution is -2.35. The van der Waals surface area contributed by atoms with Crippen molar-refractivity contribution >= 4 is 20.0 Å². The quantitative estimate of drug-likeness (QED) is 0.283. The minimum Gasteiger partial charge on any atom is -0.258 e. The summed E-state index contributed by atoms with van der Waals surface area (Å²) in [4.78, 5) is 3.14. The maximum Gasteiger partial charge on any atom is 0.224 e. The summed E-state index contributed by atoms with van der Waals surface area (Å²) in [5.41, 5.74) is 0.